The van der Waals surface area contributed by atoms with Crippen LogP contribution in [-0.2, 0) is 4.79 Å². The topological polar surface area (TPSA) is 77.8 Å². The van der Waals surface area contributed by atoms with Gasteiger partial charge in [0.25, 0.3) is 5.56 Å². The van der Waals surface area contributed by atoms with E-state index in [-0.39, 0.29) is 17.3 Å². The predicted molar refractivity (Wildman–Crippen MR) is 86.9 cm³/mol. The van der Waals surface area contributed by atoms with Gasteiger partial charge in [0.05, 0.1) is 5.56 Å². The summed E-state index contributed by atoms with van der Waals surface area (Å²) < 4.78 is 0.970. The van der Waals surface area contributed by atoms with Crippen molar-refractivity contribution >= 4 is 27.5 Å². The Morgan fingerprint density at radius 1 is 1.05 bits per heavy atom. The van der Waals surface area contributed by atoms with E-state index in [1.807, 2.05) is 24.3 Å². The van der Waals surface area contributed by atoms with Gasteiger partial charge in [-0.1, -0.05) is 28.1 Å². The van der Waals surface area contributed by atoms with E-state index in [2.05, 4.69) is 31.4 Å². The molecule has 1 atom stereocenters. The van der Waals surface area contributed by atoms with Crippen LogP contribution >= 0.6 is 15.9 Å². The van der Waals surface area contributed by atoms with Crippen LogP contribution in [0.2, 0.25) is 0 Å². The number of benzene rings is 1. The molecule has 6 heteroatoms. The van der Waals surface area contributed by atoms with Crippen LogP contribution in [0.1, 0.15) is 36.3 Å². The largest absolute Gasteiger partial charge is 0.343 e. The lowest BCUT2D eigenvalue weighted by molar-refractivity contribution is -0.116. The lowest BCUT2D eigenvalue weighted by Gasteiger charge is -2.31. The second-order valence-electron chi connectivity index (χ2n) is 5.65. The molecule has 0 saturated heterocycles. The summed E-state index contributed by atoms with van der Waals surface area (Å²) >= 11 is 3.42. The molecule has 0 fully saturated rings. The fourth-order valence-corrected chi connectivity index (χ4v) is 3.62. The number of nitrogens with one attached hydrogen (secondary N) is 3. The number of fused-ring (bicyclic) bond motifs is 1. The Bertz CT molecular complexity index is 845. The van der Waals surface area contributed by atoms with Crippen LogP contribution in [0.3, 0.4) is 0 Å². The number of carbonyl (C=O) groups is 1. The van der Waals surface area contributed by atoms with Crippen LogP contribution < -0.4 is 10.9 Å². The van der Waals surface area contributed by atoms with Crippen molar-refractivity contribution in [1.82, 2.24) is 10.2 Å². The minimum Gasteiger partial charge on any atom is -0.343 e. The van der Waals surface area contributed by atoms with Crippen molar-refractivity contribution in [2.75, 3.05) is 5.32 Å². The van der Waals surface area contributed by atoms with Crippen LogP contribution in [0.25, 0.3) is 0 Å². The van der Waals surface area contributed by atoms with Gasteiger partial charge in [0.15, 0.2) is 5.78 Å². The van der Waals surface area contributed by atoms with E-state index in [9.17, 15) is 9.59 Å². The molecule has 112 valence electrons. The molecule has 2 heterocycles. The molecule has 4 rings (SSSR count). The summed E-state index contributed by atoms with van der Waals surface area (Å²) in [6.07, 6.45) is 2.23. The number of anilines is 1. The number of Topliss-reactive ketones (excluding diaryl/α,β-unsaturated/α-hetero) is 1. The molecule has 1 aromatic heterocycles. The third-order valence-corrected chi connectivity index (χ3v) is 4.86. The SMILES string of the molecule is O=C1CCCC2=C1C(c1ccc(Br)cc1)c1c([nH][nH]c1=O)N2. The number of allylic oxidation sites excluding steroid dienone is 2. The van der Waals surface area contributed by atoms with Gasteiger partial charge in [-0.2, -0.15) is 0 Å². The molecular weight excluding hydrogens is 346 g/mol. The third kappa shape index (κ3) is 1.98. The fraction of sp³-hybridized carbons (Fsp3) is 0.250. The highest BCUT2D eigenvalue weighted by atomic mass is 79.9. The molecule has 0 amide bonds. The minimum absolute atomic E-state index is 0.132. The van der Waals surface area contributed by atoms with Crippen molar-refractivity contribution in [3.8, 4) is 0 Å². The van der Waals surface area contributed by atoms with E-state index >= 15 is 0 Å². The van der Waals surface area contributed by atoms with Gasteiger partial charge in [-0.15, -0.1) is 0 Å². The minimum atomic E-state index is -0.304. The van der Waals surface area contributed by atoms with E-state index in [1.165, 1.54) is 0 Å². The van der Waals surface area contributed by atoms with Gasteiger partial charge in [0.1, 0.15) is 5.82 Å². The van der Waals surface area contributed by atoms with Gasteiger partial charge < -0.3 is 5.32 Å². The van der Waals surface area contributed by atoms with Crippen LogP contribution in [0.4, 0.5) is 5.82 Å². The highest BCUT2D eigenvalue weighted by molar-refractivity contribution is 9.10. The molecule has 3 N–H and O–H groups in total. The van der Waals surface area contributed by atoms with Crippen molar-refractivity contribution in [2.24, 2.45) is 0 Å². The number of halogens is 1. The summed E-state index contributed by atoms with van der Waals surface area (Å²) in [7, 11) is 0. The van der Waals surface area contributed by atoms with Gasteiger partial charge in [-0.05, 0) is 30.5 Å². The molecule has 2 aromatic rings. The van der Waals surface area contributed by atoms with Gasteiger partial charge in [0.2, 0.25) is 0 Å². The maximum atomic E-state index is 12.5. The number of hydrogen-bond donors (Lipinski definition) is 3. The molecule has 22 heavy (non-hydrogen) atoms. The standard InChI is InChI=1S/C16H14BrN3O2/c17-9-6-4-8(5-7-9)12-13-10(2-1-3-11(13)21)18-15-14(12)16(22)20-19-15/h4-7,12H,1-3H2,(H3,18,19,20,22). The van der Waals surface area contributed by atoms with Crippen LogP contribution in [0, 0.1) is 0 Å². The second kappa shape index (κ2) is 4.98. The van der Waals surface area contributed by atoms with Crippen LogP contribution in [0.5, 0.6) is 0 Å². The quantitative estimate of drug-likeness (QED) is 0.732. The Balaban J connectivity index is 1.96. The van der Waals surface area contributed by atoms with E-state index in [0.29, 0.717) is 17.8 Å². The summed E-state index contributed by atoms with van der Waals surface area (Å²) in [5, 5.41) is 8.73. The van der Waals surface area contributed by atoms with Gasteiger partial charge >= 0.3 is 0 Å². The number of aromatic amines is 2. The molecule has 0 radical (unpaired) electrons. The summed E-state index contributed by atoms with van der Waals surface area (Å²) in [4.78, 5) is 24.7. The zero-order chi connectivity index (χ0) is 15.3. The van der Waals surface area contributed by atoms with Crippen molar-refractivity contribution < 1.29 is 4.79 Å². The highest BCUT2D eigenvalue weighted by Gasteiger charge is 2.37. The van der Waals surface area contributed by atoms with E-state index in [4.69, 9.17) is 0 Å². The van der Waals surface area contributed by atoms with E-state index in [0.717, 1.165) is 34.1 Å². The summed E-state index contributed by atoms with van der Waals surface area (Å²) in [6.45, 7) is 0. The monoisotopic (exact) mass is 359 g/mol. The number of ketones is 1. The highest BCUT2D eigenvalue weighted by Crippen LogP contribution is 2.43. The Hall–Kier alpha value is -2.08. The summed E-state index contributed by atoms with van der Waals surface area (Å²) in [5.41, 5.74) is 3.05. The molecule has 5 nitrogen and oxygen atoms in total. The Kier molecular flexibility index (Phi) is 3.07. The molecule has 0 bridgehead atoms. The van der Waals surface area contributed by atoms with Gasteiger partial charge in [-0.25, -0.2) is 0 Å². The van der Waals surface area contributed by atoms with Crippen LogP contribution in [-0.4, -0.2) is 16.0 Å². The first-order chi connectivity index (χ1) is 10.6. The van der Waals surface area contributed by atoms with Gasteiger partial charge in [0, 0.05) is 28.1 Å². The normalized spacial score (nSPS) is 20.4. The Morgan fingerprint density at radius 3 is 2.59 bits per heavy atom. The van der Waals surface area contributed by atoms with Gasteiger partial charge in [-0.3, -0.25) is 19.8 Å². The van der Waals surface area contributed by atoms with Crippen LogP contribution in [0.15, 0.2) is 44.8 Å². The zero-order valence-electron chi connectivity index (χ0n) is 11.7. The van der Waals surface area contributed by atoms with E-state index in [1.54, 1.807) is 0 Å². The lowest BCUT2D eigenvalue weighted by atomic mass is 9.77. The maximum Gasteiger partial charge on any atom is 0.270 e. The first-order valence-corrected chi connectivity index (χ1v) is 8.03. The molecular formula is C16H14BrN3O2. The number of rotatable bonds is 1. The lowest BCUT2D eigenvalue weighted by Crippen LogP contribution is -2.29. The van der Waals surface area contributed by atoms with Crippen molar-refractivity contribution in [2.45, 2.75) is 25.2 Å². The summed E-state index contributed by atoms with van der Waals surface area (Å²) in [6, 6.07) is 7.79. The Morgan fingerprint density at radius 2 is 1.82 bits per heavy atom. The molecule has 2 aliphatic rings. The molecule has 1 aliphatic carbocycles. The number of H-pyrrole nitrogens is 2. The number of aromatic nitrogens is 2. The first kappa shape index (κ1) is 13.6. The van der Waals surface area contributed by atoms with Crippen molar-refractivity contribution in [1.29, 1.82) is 0 Å². The Labute approximate surface area is 134 Å². The zero-order valence-corrected chi connectivity index (χ0v) is 13.3. The second-order valence-corrected chi connectivity index (χ2v) is 6.56. The number of hydrogen-bond acceptors (Lipinski definition) is 3. The average Bonchev–Trinajstić information content (AvgIpc) is 2.88. The third-order valence-electron chi connectivity index (χ3n) is 4.33. The maximum absolute atomic E-state index is 12.5. The number of carbonyl (C=O) groups excluding carboxylic acids is 1. The van der Waals surface area contributed by atoms with E-state index < -0.39 is 0 Å². The molecule has 0 saturated carbocycles. The van der Waals surface area contributed by atoms with Crippen molar-refractivity contribution in [3.63, 3.8) is 0 Å². The molecule has 1 unspecified atom stereocenters. The first-order valence-electron chi connectivity index (χ1n) is 7.24. The fourth-order valence-electron chi connectivity index (χ4n) is 3.35. The molecule has 1 aliphatic heterocycles. The van der Waals surface area contributed by atoms with Crippen molar-refractivity contribution in [3.05, 3.63) is 61.5 Å². The molecule has 1 aromatic carbocycles. The predicted octanol–water partition coefficient (Wildman–Crippen LogP) is 3.03. The summed E-state index contributed by atoms with van der Waals surface area (Å²) in [5.74, 6) is 0.501. The molecule has 0 spiro atoms. The average molecular weight is 360 g/mol. The smallest absolute Gasteiger partial charge is 0.270 e.